The van der Waals surface area contributed by atoms with Crippen LogP contribution < -0.4 is 0 Å². The van der Waals surface area contributed by atoms with Crippen molar-refractivity contribution in [2.45, 2.75) is 50.8 Å². The Labute approximate surface area is 133 Å². The Bertz CT molecular complexity index is 640. The van der Waals surface area contributed by atoms with Crippen molar-refractivity contribution in [3.05, 3.63) is 16.8 Å². The number of rotatable bonds is 6. The molecule has 0 spiro atoms. The summed E-state index contributed by atoms with van der Waals surface area (Å²) in [4.78, 5) is 23.0. The summed E-state index contributed by atoms with van der Waals surface area (Å²) in [6.45, 7) is 8.63. The molecule has 2 heterocycles. The van der Waals surface area contributed by atoms with Gasteiger partial charge < -0.3 is 4.74 Å². The molecule has 21 heavy (non-hydrogen) atoms. The highest BCUT2D eigenvalue weighted by molar-refractivity contribution is 8.00. The first-order valence-corrected chi connectivity index (χ1v) is 8.82. The van der Waals surface area contributed by atoms with Crippen LogP contribution in [0.5, 0.6) is 0 Å². The van der Waals surface area contributed by atoms with Crippen molar-refractivity contribution in [1.29, 1.82) is 0 Å². The number of fused-ring (bicyclic) bond motifs is 1. The maximum absolute atomic E-state index is 12.1. The average Bonchev–Trinajstić information content (AvgIpc) is 2.78. The standard InChI is InChI=1S/C15H20N2O2S2/c1-5-7-19-15(18)11(6-2)21-14-12-9(3)10(4)20-13(12)16-8-17-14/h8,11H,5-7H2,1-4H3/t11-/m0/s1. The molecule has 0 unspecified atom stereocenters. The average molecular weight is 324 g/mol. The lowest BCUT2D eigenvalue weighted by atomic mass is 10.2. The van der Waals surface area contributed by atoms with Crippen LogP contribution in [0.2, 0.25) is 0 Å². The number of ether oxygens (including phenoxy) is 1. The van der Waals surface area contributed by atoms with Crippen LogP contribution in [0.15, 0.2) is 11.4 Å². The van der Waals surface area contributed by atoms with Crippen LogP contribution in [-0.2, 0) is 9.53 Å². The van der Waals surface area contributed by atoms with Crippen LogP contribution in [0.25, 0.3) is 10.2 Å². The van der Waals surface area contributed by atoms with Crippen molar-refractivity contribution in [3.8, 4) is 0 Å². The minimum atomic E-state index is -0.214. The maximum atomic E-state index is 12.1. The van der Waals surface area contributed by atoms with Crippen LogP contribution in [0.3, 0.4) is 0 Å². The summed E-state index contributed by atoms with van der Waals surface area (Å²) in [5.41, 5.74) is 1.20. The van der Waals surface area contributed by atoms with E-state index in [9.17, 15) is 4.79 Å². The van der Waals surface area contributed by atoms with E-state index < -0.39 is 0 Å². The molecule has 0 aromatic carbocycles. The number of hydrogen-bond acceptors (Lipinski definition) is 6. The second kappa shape index (κ2) is 7.22. The van der Waals surface area contributed by atoms with Crippen molar-refractivity contribution in [2.24, 2.45) is 0 Å². The van der Waals surface area contributed by atoms with Gasteiger partial charge in [0, 0.05) is 10.3 Å². The van der Waals surface area contributed by atoms with Gasteiger partial charge in [-0.3, -0.25) is 4.79 Å². The van der Waals surface area contributed by atoms with E-state index >= 15 is 0 Å². The fourth-order valence-corrected chi connectivity index (χ4v) is 4.11. The Morgan fingerprint density at radius 1 is 1.38 bits per heavy atom. The van der Waals surface area contributed by atoms with Crippen LogP contribution >= 0.6 is 23.1 Å². The molecule has 0 fully saturated rings. The molecule has 0 saturated carbocycles. The van der Waals surface area contributed by atoms with Crippen LogP contribution in [0, 0.1) is 13.8 Å². The number of thioether (sulfide) groups is 1. The van der Waals surface area contributed by atoms with E-state index in [1.165, 1.54) is 22.2 Å². The van der Waals surface area contributed by atoms with Gasteiger partial charge in [-0.25, -0.2) is 9.97 Å². The normalized spacial score (nSPS) is 12.6. The van der Waals surface area contributed by atoms with Gasteiger partial charge in [0.25, 0.3) is 0 Å². The van der Waals surface area contributed by atoms with Crippen molar-refractivity contribution in [1.82, 2.24) is 9.97 Å². The lowest BCUT2D eigenvalue weighted by molar-refractivity contribution is -0.143. The topological polar surface area (TPSA) is 52.1 Å². The van der Waals surface area contributed by atoms with Crippen molar-refractivity contribution < 1.29 is 9.53 Å². The van der Waals surface area contributed by atoms with Gasteiger partial charge in [-0.1, -0.05) is 25.6 Å². The monoisotopic (exact) mass is 324 g/mol. The smallest absolute Gasteiger partial charge is 0.319 e. The Morgan fingerprint density at radius 2 is 2.14 bits per heavy atom. The van der Waals surface area contributed by atoms with Gasteiger partial charge >= 0.3 is 5.97 Å². The molecule has 0 radical (unpaired) electrons. The zero-order chi connectivity index (χ0) is 15.4. The lowest BCUT2D eigenvalue weighted by Gasteiger charge is -2.13. The van der Waals surface area contributed by atoms with E-state index in [-0.39, 0.29) is 11.2 Å². The zero-order valence-electron chi connectivity index (χ0n) is 12.8. The number of esters is 1. The predicted molar refractivity (Wildman–Crippen MR) is 88.1 cm³/mol. The predicted octanol–water partition coefficient (Wildman–Crippen LogP) is 4.13. The highest BCUT2D eigenvalue weighted by Gasteiger charge is 2.22. The first-order valence-electron chi connectivity index (χ1n) is 7.12. The molecule has 2 aromatic rings. The summed E-state index contributed by atoms with van der Waals surface area (Å²) in [6.07, 6.45) is 3.14. The van der Waals surface area contributed by atoms with E-state index in [2.05, 4.69) is 23.8 Å². The maximum Gasteiger partial charge on any atom is 0.319 e. The van der Waals surface area contributed by atoms with E-state index in [0.717, 1.165) is 28.1 Å². The Balaban J connectivity index is 2.27. The van der Waals surface area contributed by atoms with Crippen LogP contribution in [0.4, 0.5) is 0 Å². The summed E-state index contributed by atoms with van der Waals surface area (Å²) >= 11 is 3.15. The van der Waals surface area contributed by atoms with Gasteiger partial charge in [0.2, 0.25) is 0 Å². The molecule has 0 bridgehead atoms. The van der Waals surface area contributed by atoms with E-state index in [0.29, 0.717) is 6.61 Å². The number of carbonyl (C=O) groups excluding carboxylic acids is 1. The van der Waals surface area contributed by atoms with Gasteiger partial charge in [0.05, 0.1) is 6.61 Å². The molecular formula is C15H20N2O2S2. The first-order chi connectivity index (χ1) is 10.1. The molecule has 0 amide bonds. The minimum Gasteiger partial charge on any atom is -0.465 e. The van der Waals surface area contributed by atoms with Gasteiger partial charge in [-0.2, -0.15) is 0 Å². The van der Waals surface area contributed by atoms with Crippen LogP contribution in [-0.4, -0.2) is 27.8 Å². The molecule has 6 heteroatoms. The molecule has 0 aliphatic heterocycles. The molecule has 0 aliphatic rings. The van der Waals surface area contributed by atoms with Gasteiger partial charge in [0.1, 0.15) is 21.4 Å². The molecular weight excluding hydrogens is 304 g/mol. The Hall–Kier alpha value is -1.14. The number of thiophene rings is 1. The first kappa shape index (κ1) is 16.2. The summed E-state index contributed by atoms with van der Waals surface area (Å²) in [5.74, 6) is -0.152. The van der Waals surface area contributed by atoms with Gasteiger partial charge in [-0.05, 0) is 32.3 Å². The minimum absolute atomic E-state index is 0.152. The Kier molecular flexibility index (Phi) is 5.58. The second-order valence-corrected chi connectivity index (χ2v) is 7.22. The molecule has 2 rings (SSSR count). The molecule has 0 N–H and O–H groups in total. The third kappa shape index (κ3) is 3.55. The van der Waals surface area contributed by atoms with E-state index in [1.807, 2.05) is 13.8 Å². The van der Waals surface area contributed by atoms with Crippen molar-refractivity contribution >= 4 is 39.3 Å². The van der Waals surface area contributed by atoms with Gasteiger partial charge in [0.15, 0.2) is 0 Å². The SMILES string of the molecule is CCCOC(=O)[C@H](CC)Sc1ncnc2sc(C)c(C)c12. The van der Waals surface area contributed by atoms with Crippen LogP contribution in [0.1, 0.15) is 37.1 Å². The third-order valence-corrected chi connectivity index (χ3v) is 5.72. The quantitative estimate of drug-likeness (QED) is 0.454. The van der Waals surface area contributed by atoms with E-state index in [1.54, 1.807) is 17.7 Å². The fraction of sp³-hybridized carbons (Fsp3) is 0.533. The van der Waals surface area contributed by atoms with Gasteiger partial charge in [-0.15, -0.1) is 11.3 Å². The summed E-state index contributed by atoms with van der Waals surface area (Å²) in [5, 5.41) is 1.74. The number of nitrogens with zero attached hydrogens (tertiary/aromatic N) is 2. The zero-order valence-corrected chi connectivity index (χ0v) is 14.4. The molecule has 0 saturated heterocycles. The number of carbonyl (C=O) groups is 1. The van der Waals surface area contributed by atoms with Crippen molar-refractivity contribution in [2.75, 3.05) is 6.61 Å². The number of aryl methyl sites for hydroxylation is 2. The largest absolute Gasteiger partial charge is 0.465 e. The molecule has 4 nitrogen and oxygen atoms in total. The molecule has 1 atom stereocenters. The lowest BCUT2D eigenvalue weighted by Crippen LogP contribution is -2.20. The highest BCUT2D eigenvalue weighted by Crippen LogP contribution is 2.36. The van der Waals surface area contributed by atoms with E-state index in [4.69, 9.17) is 4.74 Å². The molecule has 2 aromatic heterocycles. The highest BCUT2D eigenvalue weighted by atomic mass is 32.2. The second-order valence-electron chi connectivity index (χ2n) is 4.82. The summed E-state index contributed by atoms with van der Waals surface area (Å²) in [6, 6.07) is 0. The van der Waals surface area contributed by atoms with Crippen molar-refractivity contribution in [3.63, 3.8) is 0 Å². The fourth-order valence-electron chi connectivity index (χ4n) is 1.97. The molecule has 114 valence electrons. The number of aromatic nitrogens is 2. The third-order valence-electron chi connectivity index (χ3n) is 3.27. The Morgan fingerprint density at radius 3 is 2.81 bits per heavy atom. The summed E-state index contributed by atoms with van der Waals surface area (Å²) < 4.78 is 5.26. The number of hydrogen-bond donors (Lipinski definition) is 0. The summed E-state index contributed by atoms with van der Waals surface area (Å²) in [7, 11) is 0. The molecule has 0 aliphatic carbocycles.